The fourth-order valence-corrected chi connectivity index (χ4v) is 2.36. The zero-order valence-electron chi connectivity index (χ0n) is 16.5. The molecule has 30 heavy (non-hydrogen) atoms. The summed E-state index contributed by atoms with van der Waals surface area (Å²) in [6, 6.07) is 0. The summed E-state index contributed by atoms with van der Waals surface area (Å²) < 4.78 is 0. The van der Waals surface area contributed by atoms with Crippen LogP contribution in [-0.2, 0) is 34.1 Å². The Labute approximate surface area is 201 Å². The zero-order valence-corrected chi connectivity index (χ0v) is 18.9. The monoisotopic (exact) mass is 494 g/mol. The van der Waals surface area contributed by atoms with E-state index in [1.54, 1.807) is 0 Å². The Balaban J connectivity index is -0.0000000832. The van der Waals surface area contributed by atoms with Crippen molar-refractivity contribution in [2.24, 2.45) is 5.92 Å². The summed E-state index contributed by atoms with van der Waals surface area (Å²) in [6.45, 7) is 3.09. The van der Waals surface area contributed by atoms with Gasteiger partial charge in [0, 0.05) is 24.8 Å². The largest absolute Gasteiger partial charge is 3.00 e. The van der Waals surface area contributed by atoms with E-state index in [4.69, 9.17) is 21.0 Å². The topological polar surface area (TPSA) is 252 Å². The van der Waals surface area contributed by atoms with Crippen LogP contribution in [0.25, 0.3) is 39.7 Å². The number of nitrogens with zero attached hydrogens (tertiary/aromatic N) is 8. The summed E-state index contributed by atoms with van der Waals surface area (Å²) in [6.07, 6.45) is 18.1. The van der Waals surface area contributed by atoms with Gasteiger partial charge in [-0.3, -0.25) is 10.6 Å². The Kier molecular flexibility index (Phi) is 47.9. The number of piperidine rings is 1. The van der Waals surface area contributed by atoms with Crippen LogP contribution in [0.3, 0.4) is 0 Å². The molecule has 0 aliphatic carbocycles. The van der Waals surface area contributed by atoms with Gasteiger partial charge in [0.2, 0.25) is 0 Å². The number of allylic oxidation sites excluding steroid dienone is 2. The molecule has 0 bridgehead atoms. The molecule has 2 aliphatic rings. The summed E-state index contributed by atoms with van der Waals surface area (Å²) in [4.78, 5) is 0. The number of nitrogens with two attached hydrogens (primary N) is 3. The first-order valence-electron chi connectivity index (χ1n) is 7.89. The molecule has 165 valence electrons. The smallest absolute Gasteiger partial charge is 0.693 e. The normalized spacial score (nSPS) is 12.3. The van der Waals surface area contributed by atoms with Gasteiger partial charge in [0.15, 0.2) is 0 Å². The summed E-state index contributed by atoms with van der Waals surface area (Å²) in [5.41, 5.74) is 1.48. The van der Waals surface area contributed by atoms with Crippen molar-refractivity contribution in [1.82, 2.24) is 0 Å². The fourth-order valence-electron chi connectivity index (χ4n) is 2.36. The molecule has 0 amide bonds. The molecule has 2 rings (SSSR count). The average Bonchev–Trinajstić information content (AvgIpc) is 2.66. The van der Waals surface area contributed by atoms with E-state index in [2.05, 4.69) is 33.4 Å². The first-order valence-corrected chi connectivity index (χ1v) is 7.89. The van der Waals surface area contributed by atoms with E-state index < -0.39 is 0 Å². The maximum absolute atomic E-state index is 7.43. The van der Waals surface area contributed by atoms with Gasteiger partial charge in [0.25, 0.3) is 0 Å². The summed E-state index contributed by atoms with van der Waals surface area (Å²) >= 11 is 0. The number of nitriles is 4. The minimum atomic E-state index is 0. The summed E-state index contributed by atoms with van der Waals surface area (Å²) in [5.74, 6) is 0.945. The van der Waals surface area contributed by atoms with Gasteiger partial charge in [0.1, 0.15) is 0 Å². The maximum Gasteiger partial charge on any atom is 3.00 e. The Morgan fingerprint density at radius 1 is 0.933 bits per heavy atom. The van der Waals surface area contributed by atoms with Crippen LogP contribution >= 0.6 is 0 Å². The molecule has 2 aliphatic heterocycles. The molecule has 13 heteroatoms. The Morgan fingerprint density at radius 2 is 1.43 bits per heavy atom. The minimum absolute atomic E-state index is 0. The van der Waals surface area contributed by atoms with Crippen LogP contribution in [-0.4, -0.2) is 19.6 Å². The molecule has 0 atom stereocenters. The number of hydrogen-bond acceptors (Lipinski definition) is 4. The molecule has 1 saturated heterocycles. The van der Waals surface area contributed by atoms with Crippen molar-refractivity contribution < 1.29 is 34.1 Å². The molecule has 0 aromatic heterocycles. The van der Waals surface area contributed by atoms with E-state index in [1.165, 1.54) is 62.4 Å². The third-order valence-corrected chi connectivity index (χ3v) is 3.52. The molecule has 11 nitrogen and oxygen atoms in total. The van der Waals surface area contributed by atoms with Crippen LogP contribution in [0.5, 0.6) is 0 Å². The van der Waals surface area contributed by atoms with Crippen LogP contribution < -0.4 is 0 Å². The third-order valence-electron chi connectivity index (χ3n) is 3.52. The molecule has 2 heterocycles. The number of hydrogen-bond donors (Lipinski definition) is 0. The Morgan fingerprint density at radius 3 is 1.80 bits per heavy atom. The fraction of sp³-hybridized carbons (Fsp3) is 0.529. The van der Waals surface area contributed by atoms with Gasteiger partial charge in [0.05, 0.1) is 0 Å². The third kappa shape index (κ3) is 27.9. The van der Waals surface area contributed by atoms with E-state index in [1.807, 2.05) is 6.20 Å². The van der Waals surface area contributed by atoms with Crippen molar-refractivity contribution in [2.75, 3.05) is 19.6 Å². The van der Waals surface area contributed by atoms with Gasteiger partial charge in [-0.15, -0.1) is 19.6 Å². The van der Waals surface area contributed by atoms with Crippen molar-refractivity contribution in [1.29, 1.82) is 21.0 Å². The zero-order chi connectivity index (χ0) is 18.6. The van der Waals surface area contributed by atoms with Gasteiger partial charge >= 0.3 is 34.1 Å². The molecular formula is C17H26Mn2N11-2. The quantitative estimate of drug-likeness (QED) is 0.310. The van der Waals surface area contributed by atoms with Crippen LogP contribution in [0.15, 0.2) is 23.9 Å². The molecule has 0 saturated carbocycles. The summed E-state index contributed by atoms with van der Waals surface area (Å²) in [5, 5.41) is 43.4. The molecule has 1 radical (unpaired) electrons. The van der Waals surface area contributed by atoms with E-state index >= 15 is 0 Å². The molecule has 6 N–H and O–H groups in total. The first kappa shape index (κ1) is 42.0. The predicted molar refractivity (Wildman–Crippen MR) is 110 cm³/mol. The summed E-state index contributed by atoms with van der Waals surface area (Å²) in [7, 11) is 0. The van der Waals surface area contributed by atoms with Crippen LogP contribution in [0.2, 0.25) is 0 Å². The minimum Gasteiger partial charge on any atom is -0.693 e. The van der Waals surface area contributed by atoms with Crippen molar-refractivity contribution >= 4 is 0 Å². The standard InChI is InChI=1S/C13H20N2.2C2N3.2Mn.3H2N/c1(2-12-4-8-14-9-5-12)3-13-6-10-15-11-7-13;2*3-1-5-2-4;;;;;/h4-5,8,13H,1-3,6-7,9-11H2;;;;;3*1H2/q-2;2*-1;+2;+3;3*-1. The molecular weight excluding hydrogens is 468 g/mol. The second-order valence-electron chi connectivity index (χ2n) is 5.09. The van der Waals surface area contributed by atoms with Crippen molar-refractivity contribution in [3.05, 3.63) is 63.6 Å². The Bertz CT molecular complexity index is 526. The maximum atomic E-state index is 7.43. The van der Waals surface area contributed by atoms with Gasteiger partial charge in [-0.25, -0.2) is 0 Å². The molecule has 0 aromatic rings. The number of rotatable bonds is 4. The van der Waals surface area contributed by atoms with E-state index in [9.17, 15) is 0 Å². The van der Waals surface area contributed by atoms with Crippen molar-refractivity contribution in [2.45, 2.75) is 32.1 Å². The average molecular weight is 494 g/mol. The molecule has 0 aromatic carbocycles. The van der Waals surface area contributed by atoms with Crippen molar-refractivity contribution in [3.8, 4) is 24.8 Å². The van der Waals surface area contributed by atoms with E-state index in [0.717, 1.165) is 25.6 Å². The van der Waals surface area contributed by atoms with Gasteiger partial charge < -0.3 is 50.1 Å². The van der Waals surface area contributed by atoms with E-state index in [-0.39, 0.29) is 52.6 Å². The second-order valence-corrected chi connectivity index (χ2v) is 5.09. The van der Waals surface area contributed by atoms with Gasteiger partial charge in [-0.2, -0.15) is 6.20 Å². The van der Waals surface area contributed by atoms with Crippen LogP contribution in [0.1, 0.15) is 32.1 Å². The Hall–Kier alpha value is -2.28. The van der Waals surface area contributed by atoms with Gasteiger partial charge in [-0.1, -0.05) is 37.0 Å². The van der Waals surface area contributed by atoms with E-state index in [0.29, 0.717) is 0 Å². The molecule has 1 fully saturated rings. The van der Waals surface area contributed by atoms with Crippen LogP contribution in [0, 0.1) is 51.7 Å². The molecule has 0 spiro atoms. The van der Waals surface area contributed by atoms with Gasteiger partial charge in [-0.05, 0) is 18.8 Å². The van der Waals surface area contributed by atoms with Crippen molar-refractivity contribution in [3.63, 3.8) is 0 Å². The van der Waals surface area contributed by atoms with Crippen LogP contribution in [0.4, 0.5) is 0 Å². The SMILES string of the molecule is C1=CC(CCCC2CC[N-]CC2)=CC[N-]1.N#C[N-]C#N.N#C[N-]C#N.[Mn+2].[Mn+3].[NH2-].[NH2-].[NH2-]. The second kappa shape index (κ2) is 34.2. The predicted octanol–water partition coefficient (Wildman–Crippen LogP) is 6.56. The first-order chi connectivity index (χ1) is 12.3. The molecule has 0 unspecified atom stereocenters.